The zero-order valence-corrected chi connectivity index (χ0v) is 12.9. The smallest absolute Gasteiger partial charge is 0.323 e. The number of aromatic nitrogens is 4. The predicted octanol–water partition coefficient (Wildman–Crippen LogP) is 1.69. The zero-order valence-electron chi connectivity index (χ0n) is 12.9. The van der Waals surface area contributed by atoms with E-state index in [9.17, 15) is 4.79 Å². The molecule has 0 spiro atoms. The molecule has 1 saturated heterocycles. The molecular weight excluding hydrogens is 280 g/mol. The summed E-state index contributed by atoms with van der Waals surface area (Å²) in [6.45, 7) is 6.69. The van der Waals surface area contributed by atoms with Crippen molar-refractivity contribution >= 4 is 22.1 Å². The number of benzene rings is 1. The molecule has 5 N–H and O–H groups in total. The number of nitrogens with one attached hydrogen (secondary N) is 5. The van der Waals surface area contributed by atoms with Crippen LogP contribution in [0.25, 0.3) is 22.1 Å². The van der Waals surface area contributed by atoms with Crippen LogP contribution in [0.1, 0.15) is 39.1 Å². The quantitative estimate of drug-likeness (QED) is 0.472. The first-order chi connectivity index (χ1) is 10.4. The minimum absolute atomic E-state index is 0.161. The van der Waals surface area contributed by atoms with Crippen LogP contribution in [0.5, 0.6) is 0 Å². The van der Waals surface area contributed by atoms with Gasteiger partial charge in [0, 0.05) is 6.04 Å². The standard InChI is InChI=1S/C15H20N6O/c1-15(2,3)12-6-11(20-21-12)13-16-7-4-9-10(5-8(7)17-13)19-14(22)18-9/h4-5,11-12,20-21H,6H2,1-3H3,(H,16,17)(H2,18,19,22). The van der Waals surface area contributed by atoms with E-state index in [0.29, 0.717) is 6.04 Å². The van der Waals surface area contributed by atoms with Gasteiger partial charge in [-0.25, -0.2) is 15.2 Å². The first kappa shape index (κ1) is 13.5. The summed E-state index contributed by atoms with van der Waals surface area (Å²) in [4.78, 5) is 24.9. The third-order valence-electron chi connectivity index (χ3n) is 4.41. The van der Waals surface area contributed by atoms with E-state index >= 15 is 0 Å². The minimum atomic E-state index is -0.197. The Bertz CT molecular complexity index is 842. The van der Waals surface area contributed by atoms with Gasteiger partial charge in [0.25, 0.3) is 0 Å². The van der Waals surface area contributed by atoms with Crippen molar-refractivity contribution in [3.8, 4) is 0 Å². The van der Waals surface area contributed by atoms with Gasteiger partial charge < -0.3 is 15.0 Å². The molecule has 0 saturated carbocycles. The van der Waals surface area contributed by atoms with Crippen molar-refractivity contribution in [1.82, 2.24) is 30.8 Å². The summed E-state index contributed by atoms with van der Waals surface area (Å²) in [6.07, 6.45) is 0.984. The fourth-order valence-corrected chi connectivity index (χ4v) is 3.03. The van der Waals surface area contributed by atoms with Crippen molar-refractivity contribution in [2.24, 2.45) is 5.41 Å². The molecule has 0 aliphatic carbocycles. The topological polar surface area (TPSA) is 101 Å². The lowest BCUT2D eigenvalue weighted by molar-refractivity contribution is 0.286. The highest BCUT2D eigenvalue weighted by Crippen LogP contribution is 2.31. The maximum Gasteiger partial charge on any atom is 0.323 e. The Morgan fingerprint density at radius 1 is 1.05 bits per heavy atom. The normalized spacial score (nSPS) is 22.9. The summed E-state index contributed by atoms with van der Waals surface area (Å²) < 4.78 is 0. The minimum Gasteiger partial charge on any atom is -0.341 e. The number of fused-ring (bicyclic) bond motifs is 2. The molecular formula is C15H20N6O. The highest BCUT2D eigenvalue weighted by Gasteiger charge is 2.34. The van der Waals surface area contributed by atoms with Gasteiger partial charge >= 0.3 is 5.69 Å². The molecule has 22 heavy (non-hydrogen) atoms. The van der Waals surface area contributed by atoms with Crippen LogP contribution in [0.15, 0.2) is 16.9 Å². The van der Waals surface area contributed by atoms with Crippen LogP contribution in [0.2, 0.25) is 0 Å². The van der Waals surface area contributed by atoms with Gasteiger partial charge in [-0.1, -0.05) is 20.8 Å². The Labute approximate surface area is 126 Å². The second-order valence-electron chi connectivity index (χ2n) is 7.11. The van der Waals surface area contributed by atoms with Gasteiger partial charge in [0.2, 0.25) is 0 Å². The molecule has 2 aromatic heterocycles. The van der Waals surface area contributed by atoms with Crippen LogP contribution in [-0.4, -0.2) is 26.0 Å². The van der Waals surface area contributed by atoms with Gasteiger partial charge in [0.05, 0.1) is 28.1 Å². The fourth-order valence-electron chi connectivity index (χ4n) is 3.03. The summed E-state index contributed by atoms with van der Waals surface area (Å²) in [5, 5.41) is 0. The highest BCUT2D eigenvalue weighted by molar-refractivity contribution is 5.91. The maximum atomic E-state index is 11.3. The lowest BCUT2D eigenvalue weighted by Crippen LogP contribution is -2.39. The van der Waals surface area contributed by atoms with Crippen molar-refractivity contribution in [3.05, 3.63) is 28.4 Å². The van der Waals surface area contributed by atoms with Gasteiger partial charge in [-0.05, 0) is 24.0 Å². The third kappa shape index (κ3) is 2.13. The van der Waals surface area contributed by atoms with Gasteiger partial charge in [0.15, 0.2) is 0 Å². The number of H-pyrrole nitrogens is 3. The second kappa shape index (κ2) is 4.44. The molecule has 0 radical (unpaired) electrons. The molecule has 0 bridgehead atoms. The van der Waals surface area contributed by atoms with Crippen LogP contribution < -0.4 is 16.5 Å². The first-order valence-corrected chi connectivity index (χ1v) is 7.53. The molecule has 116 valence electrons. The highest BCUT2D eigenvalue weighted by atomic mass is 16.1. The Hall–Kier alpha value is -2.12. The summed E-state index contributed by atoms with van der Waals surface area (Å²) in [6, 6.07) is 4.38. The molecule has 1 aromatic carbocycles. The monoisotopic (exact) mass is 300 g/mol. The van der Waals surface area contributed by atoms with E-state index in [-0.39, 0.29) is 17.1 Å². The van der Waals surface area contributed by atoms with E-state index in [1.165, 1.54) is 0 Å². The number of hydrogen-bond donors (Lipinski definition) is 5. The van der Waals surface area contributed by atoms with Crippen molar-refractivity contribution in [2.75, 3.05) is 0 Å². The Morgan fingerprint density at radius 2 is 1.77 bits per heavy atom. The number of imidazole rings is 2. The molecule has 7 heteroatoms. The Balaban J connectivity index is 1.70. The van der Waals surface area contributed by atoms with E-state index < -0.39 is 0 Å². The molecule has 4 rings (SSSR count). The number of hydrogen-bond acceptors (Lipinski definition) is 4. The van der Waals surface area contributed by atoms with E-state index in [2.05, 4.69) is 51.6 Å². The summed E-state index contributed by atoms with van der Waals surface area (Å²) in [5.74, 6) is 0.921. The van der Waals surface area contributed by atoms with Crippen molar-refractivity contribution in [1.29, 1.82) is 0 Å². The number of hydrazine groups is 1. The zero-order chi connectivity index (χ0) is 15.5. The Morgan fingerprint density at radius 3 is 2.45 bits per heavy atom. The SMILES string of the molecule is CC(C)(C)C1CC(c2nc3cc4[nH]c(=O)[nH]c4cc3[nH]2)NN1. The molecule has 3 aromatic rings. The number of rotatable bonds is 1. The second-order valence-corrected chi connectivity index (χ2v) is 7.11. The number of nitrogens with zero attached hydrogens (tertiary/aromatic N) is 1. The summed E-state index contributed by atoms with van der Waals surface area (Å²) >= 11 is 0. The van der Waals surface area contributed by atoms with Crippen molar-refractivity contribution in [3.63, 3.8) is 0 Å². The van der Waals surface area contributed by atoms with Crippen molar-refractivity contribution in [2.45, 2.75) is 39.3 Å². The molecule has 1 aliphatic rings. The number of aromatic amines is 3. The molecule has 0 amide bonds. The summed E-state index contributed by atoms with van der Waals surface area (Å²) in [5.41, 5.74) is 10.0. The van der Waals surface area contributed by atoms with Crippen LogP contribution in [0.4, 0.5) is 0 Å². The molecule has 2 unspecified atom stereocenters. The fraction of sp³-hybridized carbons (Fsp3) is 0.467. The molecule has 7 nitrogen and oxygen atoms in total. The van der Waals surface area contributed by atoms with E-state index in [4.69, 9.17) is 0 Å². The molecule has 1 fully saturated rings. The van der Waals surface area contributed by atoms with Gasteiger partial charge in [-0.2, -0.15) is 0 Å². The van der Waals surface area contributed by atoms with E-state index in [0.717, 1.165) is 34.3 Å². The lowest BCUT2D eigenvalue weighted by atomic mass is 9.84. The van der Waals surface area contributed by atoms with Gasteiger partial charge in [-0.15, -0.1) is 0 Å². The van der Waals surface area contributed by atoms with Crippen LogP contribution in [-0.2, 0) is 0 Å². The van der Waals surface area contributed by atoms with Crippen molar-refractivity contribution < 1.29 is 0 Å². The first-order valence-electron chi connectivity index (χ1n) is 7.53. The predicted molar refractivity (Wildman–Crippen MR) is 85.4 cm³/mol. The van der Waals surface area contributed by atoms with Gasteiger partial charge in [-0.3, -0.25) is 5.43 Å². The third-order valence-corrected chi connectivity index (χ3v) is 4.41. The largest absolute Gasteiger partial charge is 0.341 e. The van der Waals surface area contributed by atoms with E-state index in [1.54, 1.807) is 0 Å². The average Bonchev–Trinajstić information content (AvgIpc) is 3.10. The molecule has 1 aliphatic heterocycles. The van der Waals surface area contributed by atoms with Crippen LogP contribution in [0, 0.1) is 5.41 Å². The lowest BCUT2D eigenvalue weighted by Gasteiger charge is -2.25. The van der Waals surface area contributed by atoms with E-state index in [1.807, 2.05) is 12.1 Å². The van der Waals surface area contributed by atoms with Crippen LogP contribution in [0.3, 0.4) is 0 Å². The Kier molecular flexibility index (Phi) is 2.73. The molecule has 3 heterocycles. The van der Waals surface area contributed by atoms with Crippen LogP contribution >= 0.6 is 0 Å². The van der Waals surface area contributed by atoms with Gasteiger partial charge in [0.1, 0.15) is 5.82 Å². The molecule has 2 atom stereocenters. The maximum absolute atomic E-state index is 11.3. The average molecular weight is 300 g/mol. The summed E-state index contributed by atoms with van der Waals surface area (Å²) in [7, 11) is 0.